The van der Waals surface area contributed by atoms with Crippen LogP contribution in [0, 0.1) is 6.92 Å². The van der Waals surface area contributed by atoms with E-state index in [-0.39, 0.29) is 16.7 Å². The Morgan fingerprint density at radius 1 is 1.38 bits per heavy atom. The van der Waals surface area contributed by atoms with Crippen LogP contribution in [-0.2, 0) is 21.2 Å². The van der Waals surface area contributed by atoms with E-state index < -0.39 is 16.1 Å². The first kappa shape index (κ1) is 19.6. The van der Waals surface area contributed by atoms with E-state index in [1.165, 1.54) is 40.3 Å². The fourth-order valence-electron chi connectivity index (χ4n) is 2.57. The monoisotopic (exact) mass is 431 g/mol. The van der Waals surface area contributed by atoms with E-state index in [0.29, 0.717) is 23.7 Å². The molecular formula is C16H18ClN3O3S3. The Labute approximate surface area is 166 Å². The van der Waals surface area contributed by atoms with Crippen molar-refractivity contribution in [2.75, 3.05) is 18.2 Å². The Morgan fingerprint density at radius 3 is 2.77 bits per heavy atom. The molecular weight excluding hydrogens is 414 g/mol. The fraction of sp³-hybridized carbons (Fsp3) is 0.375. The van der Waals surface area contributed by atoms with Gasteiger partial charge in [0.15, 0.2) is 0 Å². The maximum atomic E-state index is 12.8. The van der Waals surface area contributed by atoms with Crippen LogP contribution < -0.4 is 5.32 Å². The number of rotatable bonds is 6. The number of hydrogen-bond acceptors (Lipinski definition) is 6. The zero-order chi connectivity index (χ0) is 18.7. The maximum absolute atomic E-state index is 12.8. The quantitative estimate of drug-likeness (QED) is 0.760. The first-order chi connectivity index (χ1) is 12.4. The molecule has 0 bridgehead atoms. The molecule has 10 heteroatoms. The summed E-state index contributed by atoms with van der Waals surface area (Å²) in [4.78, 5) is 17.0. The number of amides is 1. The van der Waals surface area contributed by atoms with Gasteiger partial charge in [0.25, 0.3) is 0 Å². The van der Waals surface area contributed by atoms with Crippen molar-refractivity contribution in [2.45, 2.75) is 24.3 Å². The minimum absolute atomic E-state index is 0.139. The van der Waals surface area contributed by atoms with Crippen LogP contribution in [0.2, 0.25) is 5.02 Å². The van der Waals surface area contributed by atoms with Gasteiger partial charge in [0.05, 0.1) is 21.5 Å². The first-order valence-corrected chi connectivity index (χ1v) is 11.8. The predicted octanol–water partition coefficient (Wildman–Crippen LogP) is 2.53. The molecule has 0 spiro atoms. The summed E-state index contributed by atoms with van der Waals surface area (Å²) in [6, 6.07) is 5.27. The number of aryl methyl sites for hydroxylation is 1. The van der Waals surface area contributed by atoms with Crippen molar-refractivity contribution in [3.63, 3.8) is 0 Å². The summed E-state index contributed by atoms with van der Waals surface area (Å²) in [7, 11) is -3.74. The highest BCUT2D eigenvalue weighted by Gasteiger charge is 2.39. The van der Waals surface area contributed by atoms with E-state index in [2.05, 4.69) is 10.3 Å². The molecule has 1 N–H and O–H groups in total. The van der Waals surface area contributed by atoms with E-state index in [4.69, 9.17) is 11.6 Å². The van der Waals surface area contributed by atoms with Gasteiger partial charge in [0.2, 0.25) is 15.9 Å². The Morgan fingerprint density at radius 2 is 2.12 bits per heavy atom. The Kier molecular flexibility index (Phi) is 6.24. The second-order valence-corrected chi connectivity index (χ2v) is 10.1. The molecule has 3 rings (SSSR count). The summed E-state index contributed by atoms with van der Waals surface area (Å²) in [6.07, 6.45) is 0.625. The summed E-state index contributed by atoms with van der Waals surface area (Å²) in [5, 5.41) is 6.24. The number of nitrogens with one attached hydrogen (secondary N) is 1. The molecule has 1 fully saturated rings. The molecule has 1 atom stereocenters. The molecule has 0 saturated carbocycles. The third kappa shape index (κ3) is 4.40. The van der Waals surface area contributed by atoms with Gasteiger partial charge in [-0.25, -0.2) is 13.4 Å². The van der Waals surface area contributed by atoms with E-state index >= 15 is 0 Å². The summed E-state index contributed by atoms with van der Waals surface area (Å²) < 4.78 is 26.9. The number of aromatic nitrogens is 1. The average Bonchev–Trinajstić information content (AvgIpc) is 3.24. The van der Waals surface area contributed by atoms with Crippen molar-refractivity contribution in [1.29, 1.82) is 0 Å². The SMILES string of the molecule is Cc1nc(CCNC(=O)[C@H]2CSCN2S(=O)(=O)c2ccc(Cl)cc2)cs1. The summed E-state index contributed by atoms with van der Waals surface area (Å²) in [5.74, 6) is 0.419. The van der Waals surface area contributed by atoms with E-state index in [1.807, 2.05) is 12.3 Å². The molecule has 1 saturated heterocycles. The van der Waals surface area contributed by atoms with Crippen LogP contribution >= 0.6 is 34.7 Å². The summed E-state index contributed by atoms with van der Waals surface area (Å²) >= 11 is 8.82. The lowest BCUT2D eigenvalue weighted by Crippen LogP contribution is -2.47. The van der Waals surface area contributed by atoms with Crippen molar-refractivity contribution in [1.82, 2.24) is 14.6 Å². The van der Waals surface area contributed by atoms with Crippen LogP contribution in [0.25, 0.3) is 0 Å². The number of thiazole rings is 1. The van der Waals surface area contributed by atoms with E-state index in [9.17, 15) is 13.2 Å². The van der Waals surface area contributed by atoms with E-state index in [0.717, 1.165) is 10.7 Å². The van der Waals surface area contributed by atoms with Crippen molar-refractivity contribution in [2.24, 2.45) is 0 Å². The second kappa shape index (κ2) is 8.26. The highest BCUT2D eigenvalue weighted by Crippen LogP contribution is 2.29. The minimum Gasteiger partial charge on any atom is -0.354 e. The van der Waals surface area contributed by atoms with E-state index in [1.54, 1.807) is 11.3 Å². The molecule has 140 valence electrons. The number of hydrogen-bond donors (Lipinski definition) is 1. The number of carbonyl (C=O) groups is 1. The molecule has 1 aromatic carbocycles. The molecule has 26 heavy (non-hydrogen) atoms. The molecule has 0 aliphatic carbocycles. The van der Waals surface area contributed by atoms with Crippen LogP contribution in [0.3, 0.4) is 0 Å². The maximum Gasteiger partial charge on any atom is 0.244 e. The van der Waals surface area contributed by atoms with Gasteiger partial charge >= 0.3 is 0 Å². The molecule has 1 aliphatic rings. The standard InChI is InChI=1S/C16H18ClN3O3S3/c1-11-19-13(8-25-11)6-7-18-16(21)15-9-24-10-20(15)26(22,23)14-4-2-12(17)3-5-14/h2-5,8,15H,6-7,9-10H2,1H3,(H,18,21)/t15-/m1/s1. The van der Waals surface area contributed by atoms with Crippen molar-refractivity contribution in [3.8, 4) is 0 Å². The minimum atomic E-state index is -3.74. The topological polar surface area (TPSA) is 79.4 Å². The lowest BCUT2D eigenvalue weighted by Gasteiger charge is -2.22. The lowest BCUT2D eigenvalue weighted by atomic mass is 10.3. The molecule has 0 unspecified atom stereocenters. The zero-order valence-corrected chi connectivity index (χ0v) is 17.2. The van der Waals surface area contributed by atoms with Gasteiger partial charge in [-0.3, -0.25) is 4.79 Å². The molecule has 1 amide bonds. The fourth-order valence-corrected chi connectivity index (χ4v) is 6.49. The largest absolute Gasteiger partial charge is 0.354 e. The number of thioether (sulfide) groups is 1. The van der Waals surface area contributed by atoms with Crippen LogP contribution in [-0.4, -0.2) is 47.8 Å². The van der Waals surface area contributed by atoms with Crippen LogP contribution in [0.5, 0.6) is 0 Å². The van der Waals surface area contributed by atoms with Gasteiger partial charge < -0.3 is 5.32 Å². The van der Waals surface area contributed by atoms with Crippen LogP contribution in [0.4, 0.5) is 0 Å². The lowest BCUT2D eigenvalue weighted by molar-refractivity contribution is -0.123. The smallest absolute Gasteiger partial charge is 0.244 e. The predicted molar refractivity (Wildman–Crippen MR) is 105 cm³/mol. The summed E-state index contributed by atoms with van der Waals surface area (Å²) in [5.41, 5.74) is 0.930. The number of sulfonamides is 1. The van der Waals surface area contributed by atoms with Gasteiger partial charge in [-0.2, -0.15) is 4.31 Å². The second-order valence-electron chi connectivity index (χ2n) is 5.76. The van der Waals surface area contributed by atoms with Crippen molar-refractivity contribution >= 4 is 50.6 Å². The van der Waals surface area contributed by atoms with Crippen molar-refractivity contribution < 1.29 is 13.2 Å². The normalized spacial score (nSPS) is 18.2. The Hall–Kier alpha value is -1.13. The molecule has 2 heterocycles. The van der Waals surface area contributed by atoms with Gasteiger partial charge in [-0.1, -0.05) is 11.6 Å². The highest BCUT2D eigenvalue weighted by molar-refractivity contribution is 8.00. The third-order valence-electron chi connectivity index (χ3n) is 3.91. The van der Waals surface area contributed by atoms with Crippen molar-refractivity contribution in [3.05, 3.63) is 45.4 Å². The number of carbonyl (C=O) groups excluding carboxylic acids is 1. The zero-order valence-electron chi connectivity index (χ0n) is 14.0. The number of halogens is 1. The highest BCUT2D eigenvalue weighted by atomic mass is 35.5. The number of nitrogens with zero attached hydrogens (tertiary/aromatic N) is 2. The Balaban J connectivity index is 1.65. The van der Waals surface area contributed by atoms with Crippen LogP contribution in [0.1, 0.15) is 10.7 Å². The summed E-state index contributed by atoms with van der Waals surface area (Å²) in [6.45, 7) is 2.36. The van der Waals surface area contributed by atoms with Gasteiger partial charge in [0, 0.05) is 29.1 Å². The van der Waals surface area contributed by atoms with Crippen LogP contribution in [0.15, 0.2) is 34.5 Å². The van der Waals surface area contributed by atoms with Gasteiger partial charge in [0.1, 0.15) is 6.04 Å². The molecule has 6 nitrogen and oxygen atoms in total. The van der Waals surface area contributed by atoms with Gasteiger partial charge in [-0.05, 0) is 31.2 Å². The first-order valence-electron chi connectivity index (χ1n) is 7.92. The number of benzene rings is 1. The van der Waals surface area contributed by atoms with Gasteiger partial charge in [-0.15, -0.1) is 23.1 Å². The Bertz CT molecular complexity index is 884. The molecule has 2 aromatic rings. The molecule has 1 aliphatic heterocycles. The molecule has 0 radical (unpaired) electrons. The third-order valence-corrected chi connectivity index (χ3v) is 8.03. The average molecular weight is 432 g/mol. The molecule has 1 aromatic heterocycles.